The Labute approximate surface area is 188 Å². The van der Waals surface area contributed by atoms with Gasteiger partial charge in [0.2, 0.25) is 5.91 Å². The SMILES string of the molecule is CC(Oc1ccc(Cl)cc1)C(=O)NCC1CCN(C(=O)CNC(=O)OC(C)(C)C)CC1. The molecule has 0 radical (unpaired) electrons. The van der Waals surface area contributed by atoms with Crippen molar-refractivity contribution in [1.82, 2.24) is 15.5 Å². The van der Waals surface area contributed by atoms with Crippen molar-refractivity contribution in [2.24, 2.45) is 5.92 Å². The second-order valence-electron chi connectivity index (χ2n) is 8.64. The van der Waals surface area contributed by atoms with E-state index in [1.165, 1.54) is 0 Å². The molecule has 1 heterocycles. The molecule has 2 rings (SSSR count). The number of benzene rings is 1. The standard InChI is InChI=1S/C22H32ClN3O5/c1-15(30-18-7-5-17(23)6-8-18)20(28)24-13-16-9-11-26(12-10-16)19(27)14-25-21(29)31-22(2,3)4/h5-8,15-16H,9-14H2,1-4H3,(H,24,28)(H,25,29). The summed E-state index contributed by atoms with van der Waals surface area (Å²) in [6.07, 6.45) is 0.339. The average Bonchev–Trinajstić information content (AvgIpc) is 2.71. The molecule has 0 bridgehead atoms. The van der Waals surface area contributed by atoms with E-state index in [1.807, 2.05) is 0 Å². The van der Waals surface area contributed by atoms with Crippen LogP contribution in [0.2, 0.25) is 5.02 Å². The predicted molar refractivity (Wildman–Crippen MR) is 118 cm³/mol. The fourth-order valence-electron chi connectivity index (χ4n) is 3.12. The molecule has 1 fully saturated rings. The highest BCUT2D eigenvalue weighted by Gasteiger charge is 2.25. The Hall–Kier alpha value is -2.48. The van der Waals surface area contributed by atoms with E-state index < -0.39 is 17.8 Å². The van der Waals surface area contributed by atoms with Crippen LogP contribution in [-0.2, 0) is 14.3 Å². The smallest absolute Gasteiger partial charge is 0.408 e. The summed E-state index contributed by atoms with van der Waals surface area (Å²) in [5.74, 6) is 0.543. The van der Waals surface area contributed by atoms with Crippen LogP contribution >= 0.6 is 11.6 Å². The van der Waals surface area contributed by atoms with Crippen LogP contribution in [0.5, 0.6) is 5.75 Å². The number of hydrogen-bond acceptors (Lipinski definition) is 5. The highest BCUT2D eigenvalue weighted by atomic mass is 35.5. The summed E-state index contributed by atoms with van der Waals surface area (Å²) in [4.78, 5) is 38.0. The maximum atomic E-state index is 12.3. The number of carbonyl (C=O) groups is 3. The third kappa shape index (κ3) is 9.04. The Morgan fingerprint density at radius 1 is 1.13 bits per heavy atom. The molecule has 8 nitrogen and oxygen atoms in total. The normalized spacial score (nSPS) is 15.7. The van der Waals surface area contributed by atoms with Gasteiger partial charge in [0.25, 0.3) is 5.91 Å². The minimum absolute atomic E-state index is 0.0874. The van der Waals surface area contributed by atoms with E-state index in [2.05, 4.69) is 10.6 Å². The van der Waals surface area contributed by atoms with Gasteiger partial charge in [-0.2, -0.15) is 0 Å². The Balaban J connectivity index is 1.65. The summed E-state index contributed by atoms with van der Waals surface area (Å²) in [5, 5.41) is 6.02. The topological polar surface area (TPSA) is 97.0 Å². The molecule has 3 amide bonds. The molecule has 1 aromatic carbocycles. The van der Waals surface area contributed by atoms with Gasteiger partial charge in [0.05, 0.1) is 0 Å². The number of hydrogen-bond donors (Lipinski definition) is 2. The Morgan fingerprint density at radius 2 is 1.74 bits per heavy atom. The van der Waals surface area contributed by atoms with Gasteiger partial charge in [-0.3, -0.25) is 9.59 Å². The Kier molecular flexibility index (Phi) is 8.98. The van der Waals surface area contributed by atoms with Crippen molar-refractivity contribution >= 4 is 29.5 Å². The lowest BCUT2D eigenvalue weighted by Gasteiger charge is -2.32. The fraction of sp³-hybridized carbons (Fsp3) is 0.591. The maximum Gasteiger partial charge on any atom is 0.408 e. The molecule has 0 aromatic heterocycles. The second-order valence-corrected chi connectivity index (χ2v) is 9.08. The molecule has 2 N–H and O–H groups in total. The van der Waals surface area contributed by atoms with Crippen molar-refractivity contribution in [3.63, 3.8) is 0 Å². The van der Waals surface area contributed by atoms with Crippen LogP contribution in [0.15, 0.2) is 24.3 Å². The lowest BCUT2D eigenvalue weighted by Crippen LogP contribution is -2.46. The van der Waals surface area contributed by atoms with Crippen LogP contribution in [0.3, 0.4) is 0 Å². The zero-order valence-electron chi connectivity index (χ0n) is 18.6. The van der Waals surface area contributed by atoms with Gasteiger partial charge in [-0.15, -0.1) is 0 Å². The predicted octanol–water partition coefficient (Wildman–Crippen LogP) is 2.99. The number of nitrogens with one attached hydrogen (secondary N) is 2. The van der Waals surface area contributed by atoms with Crippen molar-refractivity contribution in [1.29, 1.82) is 0 Å². The average molecular weight is 454 g/mol. The lowest BCUT2D eigenvalue weighted by atomic mass is 9.96. The molecule has 1 saturated heterocycles. The van der Waals surface area contributed by atoms with Crippen LogP contribution in [-0.4, -0.2) is 60.7 Å². The first kappa shape index (κ1) is 24.8. The van der Waals surface area contributed by atoms with Crippen LogP contribution in [0, 0.1) is 5.92 Å². The summed E-state index contributed by atoms with van der Waals surface area (Å²) in [7, 11) is 0. The fourth-order valence-corrected chi connectivity index (χ4v) is 3.25. The molecule has 1 unspecified atom stereocenters. The maximum absolute atomic E-state index is 12.3. The highest BCUT2D eigenvalue weighted by molar-refractivity contribution is 6.30. The van der Waals surface area contributed by atoms with E-state index >= 15 is 0 Å². The van der Waals surface area contributed by atoms with Gasteiger partial charge in [0.1, 0.15) is 17.9 Å². The Morgan fingerprint density at radius 3 is 2.32 bits per heavy atom. The molecule has 9 heteroatoms. The summed E-state index contributed by atoms with van der Waals surface area (Å²) in [5.41, 5.74) is -0.604. The molecule has 1 aromatic rings. The second kappa shape index (κ2) is 11.2. The monoisotopic (exact) mass is 453 g/mol. The molecule has 1 aliphatic heterocycles. The van der Waals surface area contributed by atoms with E-state index in [4.69, 9.17) is 21.1 Å². The minimum atomic E-state index is -0.623. The third-order valence-corrected chi connectivity index (χ3v) is 5.06. The molecule has 31 heavy (non-hydrogen) atoms. The van der Waals surface area contributed by atoms with Crippen molar-refractivity contribution in [2.75, 3.05) is 26.2 Å². The van der Waals surface area contributed by atoms with Crippen molar-refractivity contribution in [3.05, 3.63) is 29.3 Å². The first-order valence-corrected chi connectivity index (χ1v) is 10.9. The third-order valence-electron chi connectivity index (χ3n) is 4.81. The number of amides is 3. The number of halogens is 1. The summed E-state index contributed by atoms with van der Waals surface area (Å²) < 4.78 is 10.8. The molecule has 0 saturated carbocycles. The van der Waals surface area contributed by atoms with Crippen LogP contribution in [0.4, 0.5) is 4.79 Å². The zero-order valence-corrected chi connectivity index (χ0v) is 19.3. The quantitative estimate of drug-likeness (QED) is 0.661. The van der Waals surface area contributed by atoms with Crippen molar-refractivity contribution in [2.45, 2.75) is 52.2 Å². The number of ether oxygens (including phenoxy) is 2. The van der Waals surface area contributed by atoms with Crippen LogP contribution in [0.1, 0.15) is 40.5 Å². The van der Waals surface area contributed by atoms with E-state index in [0.29, 0.717) is 30.4 Å². The molecule has 172 valence electrons. The molecular weight excluding hydrogens is 422 g/mol. The summed E-state index contributed by atoms with van der Waals surface area (Å²) in [6, 6.07) is 6.85. The Bertz CT molecular complexity index is 755. The number of nitrogens with zero attached hydrogens (tertiary/aromatic N) is 1. The number of likely N-dealkylation sites (tertiary alicyclic amines) is 1. The molecular formula is C22H32ClN3O5. The van der Waals surface area contributed by atoms with Gasteiger partial charge in [-0.25, -0.2) is 4.79 Å². The van der Waals surface area contributed by atoms with Crippen molar-refractivity contribution in [3.8, 4) is 5.75 Å². The number of alkyl carbamates (subject to hydrolysis) is 1. The van der Waals surface area contributed by atoms with E-state index in [-0.39, 0.29) is 24.3 Å². The molecule has 1 aliphatic rings. The zero-order chi connectivity index (χ0) is 23.0. The summed E-state index contributed by atoms with van der Waals surface area (Å²) >= 11 is 5.85. The van der Waals surface area contributed by atoms with Gasteiger partial charge < -0.3 is 25.0 Å². The number of carbonyl (C=O) groups excluding carboxylic acids is 3. The van der Waals surface area contributed by atoms with E-state index in [9.17, 15) is 14.4 Å². The van der Waals surface area contributed by atoms with Gasteiger partial charge >= 0.3 is 6.09 Å². The minimum Gasteiger partial charge on any atom is -0.481 e. The van der Waals surface area contributed by atoms with E-state index in [1.54, 1.807) is 56.9 Å². The van der Waals surface area contributed by atoms with Crippen LogP contribution < -0.4 is 15.4 Å². The first-order valence-electron chi connectivity index (χ1n) is 10.5. The van der Waals surface area contributed by atoms with Crippen molar-refractivity contribution < 1.29 is 23.9 Å². The largest absolute Gasteiger partial charge is 0.481 e. The van der Waals surface area contributed by atoms with Gasteiger partial charge in [0.15, 0.2) is 6.10 Å². The van der Waals surface area contributed by atoms with Crippen LogP contribution in [0.25, 0.3) is 0 Å². The first-order chi connectivity index (χ1) is 14.5. The molecule has 0 aliphatic carbocycles. The van der Waals surface area contributed by atoms with Gasteiger partial charge in [0, 0.05) is 24.7 Å². The molecule has 1 atom stereocenters. The number of rotatable bonds is 7. The summed E-state index contributed by atoms with van der Waals surface area (Å²) in [6.45, 7) is 8.62. The van der Waals surface area contributed by atoms with E-state index in [0.717, 1.165) is 12.8 Å². The highest BCUT2D eigenvalue weighted by Crippen LogP contribution is 2.18. The lowest BCUT2D eigenvalue weighted by molar-refractivity contribution is -0.132. The number of piperidine rings is 1. The van der Waals surface area contributed by atoms with Gasteiger partial charge in [-0.1, -0.05) is 11.6 Å². The molecule has 0 spiro atoms. The van der Waals surface area contributed by atoms with Gasteiger partial charge in [-0.05, 0) is 70.7 Å².